The molecule has 0 bridgehead atoms. The Kier molecular flexibility index (Phi) is 4.34. The third-order valence-corrected chi connectivity index (χ3v) is 3.17. The molecule has 2 aromatic rings. The van der Waals surface area contributed by atoms with E-state index in [-0.39, 0.29) is 22.3 Å². The van der Waals surface area contributed by atoms with Gasteiger partial charge in [0.2, 0.25) is 0 Å². The van der Waals surface area contributed by atoms with Crippen LogP contribution in [0.4, 0.5) is 14.5 Å². The maximum Gasteiger partial charge on any atom is 0.341 e. The van der Waals surface area contributed by atoms with Crippen molar-refractivity contribution in [1.82, 2.24) is 0 Å². The highest BCUT2D eigenvalue weighted by atomic mass is 79.9. The minimum Gasteiger partial charge on any atom is -0.457 e. The summed E-state index contributed by atoms with van der Waals surface area (Å²) < 4.78 is 31.8. The zero-order chi connectivity index (χ0) is 14.7. The molecule has 104 valence electrons. The first-order valence-corrected chi connectivity index (χ1v) is 6.43. The Morgan fingerprint density at radius 3 is 2.55 bits per heavy atom. The molecule has 0 saturated heterocycles. The highest BCUT2D eigenvalue weighted by Gasteiger charge is 2.13. The molecule has 0 radical (unpaired) electrons. The fourth-order valence-corrected chi connectivity index (χ4v) is 1.98. The van der Waals surface area contributed by atoms with Gasteiger partial charge in [-0.1, -0.05) is 6.07 Å². The zero-order valence-corrected chi connectivity index (χ0v) is 11.8. The summed E-state index contributed by atoms with van der Waals surface area (Å²) in [4.78, 5) is 11.7. The number of hydrogen-bond donors (Lipinski definition) is 1. The maximum absolute atomic E-state index is 13.5. The summed E-state index contributed by atoms with van der Waals surface area (Å²) >= 11 is 3.03. The van der Waals surface area contributed by atoms with E-state index in [2.05, 4.69) is 15.9 Å². The molecule has 20 heavy (non-hydrogen) atoms. The van der Waals surface area contributed by atoms with Gasteiger partial charge in [-0.05, 0) is 51.8 Å². The number of esters is 1. The van der Waals surface area contributed by atoms with Crippen LogP contribution >= 0.6 is 15.9 Å². The van der Waals surface area contributed by atoms with Gasteiger partial charge in [0.25, 0.3) is 0 Å². The van der Waals surface area contributed by atoms with Crippen molar-refractivity contribution in [2.75, 3.05) is 5.73 Å². The number of ether oxygens (including phenoxy) is 1. The first kappa shape index (κ1) is 14.5. The van der Waals surface area contributed by atoms with E-state index >= 15 is 0 Å². The largest absolute Gasteiger partial charge is 0.457 e. The molecule has 0 fully saturated rings. The summed E-state index contributed by atoms with van der Waals surface area (Å²) in [6.45, 7) is -0.0818. The Hall–Kier alpha value is -1.95. The molecule has 0 aliphatic carbocycles. The van der Waals surface area contributed by atoms with E-state index in [9.17, 15) is 13.6 Å². The summed E-state index contributed by atoms with van der Waals surface area (Å²) in [5, 5.41) is 0. The number of hydrogen-bond acceptors (Lipinski definition) is 3. The summed E-state index contributed by atoms with van der Waals surface area (Å²) in [6.07, 6.45) is 0. The minimum atomic E-state index is -0.803. The monoisotopic (exact) mass is 341 g/mol. The lowest BCUT2D eigenvalue weighted by Gasteiger charge is -2.07. The van der Waals surface area contributed by atoms with Gasteiger partial charge in [0.1, 0.15) is 18.2 Å². The van der Waals surface area contributed by atoms with E-state index < -0.39 is 17.6 Å². The molecular formula is C14H10BrF2NO2. The van der Waals surface area contributed by atoms with Crippen LogP contribution in [0, 0.1) is 11.6 Å². The smallest absolute Gasteiger partial charge is 0.341 e. The van der Waals surface area contributed by atoms with Gasteiger partial charge in [0.15, 0.2) is 0 Å². The topological polar surface area (TPSA) is 52.3 Å². The number of benzene rings is 2. The molecule has 0 aromatic heterocycles. The van der Waals surface area contributed by atoms with Crippen molar-refractivity contribution in [3.63, 3.8) is 0 Å². The summed E-state index contributed by atoms with van der Waals surface area (Å²) in [6, 6.07) is 7.93. The van der Waals surface area contributed by atoms with Crippen LogP contribution < -0.4 is 5.73 Å². The lowest BCUT2D eigenvalue weighted by Crippen LogP contribution is -2.08. The molecule has 2 N–H and O–H groups in total. The predicted molar refractivity (Wildman–Crippen MR) is 74.0 cm³/mol. The highest BCUT2D eigenvalue weighted by molar-refractivity contribution is 9.10. The molecular weight excluding hydrogens is 332 g/mol. The van der Waals surface area contributed by atoms with E-state index in [0.29, 0.717) is 5.56 Å². The normalized spacial score (nSPS) is 10.3. The van der Waals surface area contributed by atoms with Crippen LogP contribution in [0.25, 0.3) is 0 Å². The molecule has 0 aliphatic rings. The first-order valence-electron chi connectivity index (χ1n) is 5.63. The molecule has 0 spiro atoms. The van der Waals surface area contributed by atoms with Crippen molar-refractivity contribution in [2.45, 2.75) is 6.61 Å². The van der Waals surface area contributed by atoms with Crippen molar-refractivity contribution in [3.05, 3.63) is 63.6 Å². The van der Waals surface area contributed by atoms with Crippen molar-refractivity contribution in [1.29, 1.82) is 0 Å². The SMILES string of the molecule is Nc1ccc(C(=O)OCc2ccc(F)c(Br)c2)c(F)c1. The highest BCUT2D eigenvalue weighted by Crippen LogP contribution is 2.18. The predicted octanol–water partition coefficient (Wildman–Crippen LogP) is 3.67. The van der Waals surface area contributed by atoms with Gasteiger partial charge < -0.3 is 10.5 Å². The first-order chi connectivity index (χ1) is 9.47. The molecule has 0 atom stereocenters. The van der Waals surface area contributed by atoms with Crippen molar-refractivity contribution in [3.8, 4) is 0 Å². The zero-order valence-electron chi connectivity index (χ0n) is 10.2. The van der Waals surface area contributed by atoms with Crippen LogP contribution in [0.15, 0.2) is 40.9 Å². The summed E-state index contributed by atoms with van der Waals surface area (Å²) in [5.74, 6) is -1.96. The summed E-state index contributed by atoms with van der Waals surface area (Å²) in [5.41, 5.74) is 6.01. The van der Waals surface area contributed by atoms with E-state index in [1.807, 2.05) is 0 Å². The van der Waals surface area contributed by atoms with Gasteiger partial charge in [-0.15, -0.1) is 0 Å². The summed E-state index contributed by atoms with van der Waals surface area (Å²) in [7, 11) is 0. The standard InChI is InChI=1S/C14H10BrF2NO2/c15-11-5-8(1-4-12(11)16)7-20-14(19)10-3-2-9(18)6-13(10)17/h1-6H,7,18H2. The Morgan fingerprint density at radius 2 is 1.90 bits per heavy atom. The Bertz CT molecular complexity index is 662. The van der Waals surface area contributed by atoms with Crippen molar-refractivity contribution < 1.29 is 18.3 Å². The van der Waals surface area contributed by atoms with Crippen LogP contribution in [0.1, 0.15) is 15.9 Å². The van der Waals surface area contributed by atoms with E-state index in [0.717, 1.165) is 6.07 Å². The van der Waals surface area contributed by atoms with Crippen LogP contribution in [-0.4, -0.2) is 5.97 Å². The second kappa shape index (κ2) is 6.00. The maximum atomic E-state index is 13.5. The number of halogens is 3. The molecule has 2 rings (SSSR count). The average molecular weight is 342 g/mol. The van der Waals surface area contributed by atoms with E-state index in [1.54, 1.807) is 0 Å². The van der Waals surface area contributed by atoms with E-state index in [1.165, 1.54) is 30.3 Å². The lowest BCUT2D eigenvalue weighted by molar-refractivity contribution is 0.0467. The second-order valence-electron chi connectivity index (χ2n) is 4.06. The number of rotatable bonds is 3. The molecule has 0 aliphatic heterocycles. The van der Waals surface area contributed by atoms with Crippen LogP contribution in [0.3, 0.4) is 0 Å². The number of carbonyl (C=O) groups is 1. The Balaban J connectivity index is 2.06. The van der Waals surface area contributed by atoms with Gasteiger partial charge in [-0.2, -0.15) is 0 Å². The van der Waals surface area contributed by atoms with Gasteiger partial charge in [0.05, 0.1) is 10.0 Å². The van der Waals surface area contributed by atoms with Crippen molar-refractivity contribution >= 4 is 27.6 Å². The third kappa shape index (κ3) is 3.33. The molecule has 0 heterocycles. The van der Waals surface area contributed by atoms with Crippen LogP contribution in [0.2, 0.25) is 0 Å². The van der Waals surface area contributed by atoms with Crippen LogP contribution in [-0.2, 0) is 11.3 Å². The van der Waals surface area contributed by atoms with E-state index in [4.69, 9.17) is 10.5 Å². The third-order valence-electron chi connectivity index (χ3n) is 2.57. The van der Waals surface area contributed by atoms with Gasteiger partial charge in [-0.25, -0.2) is 13.6 Å². The molecule has 2 aromatic carbocycles. The Labute approximate surface area is 122 Å². The molecule has 0 unspecified atom stereocenters. The van der Waals surface area contributed by atoms with Gasteiger partial charge in [-0.3, -0.25) is 0 Å². The van der Waals surface area contributed by atoms with Gasteiger partial charge >= 0.3 is 5.97 Å². The number of nitrogen functional groups attached to an aromatic ring is 1. The van der Waals surface area contributed by atoms with Crippen LogP contribution in [0.5, 0.6) is 0 Å². The second-order valence-corrected chi connectivity index (χ2v) is 4.92. The van der Waals surface area contributed by atoms with Crippen molar-refractivity contribution in [2.24, 2.45) is 0 Å². The minimum absolute atomic E-state index is 0.0818. The Morgan fingerprint density at radius 1 is 1.15 bits per heavy atom. The quantitative estimate of drug-likeness (QED) is 0.684. The fourth-order valence-electron chi connectivity index (χ4n) is 1.55. The number of anilines is 1. The van der Waals surface area contributed by atoms with Gasteiger partial charge in [0, 0.05) is 5.69 Å². The molecule has 0 amide bonds. The average Bonchev–Trinajstić information content (AvgIpc) is 2.40. The fraction of sp³-hybridized carbons (Fsp3) is 0.0714. The lowest BCUT2D eigenvalue weighted by atomic mass is 10.2. The molecule has 6 heteroatoms. The number of nitrogens with two attached hydrogens (primary N) is 1. The number of carbonyl (C=O) groups excluding carboxylic acids is 1. The molecule has 3 nitrogen and oxygen atoms in total. The molecule has 0 saturated carbocycles.